The molecule has 8 heteroatoms. The summed E-state index contributed by atoms with van der Waals surface area (Å²) >= 11 is 0. The number of tetrazole rings is 1. The fourth-order valence-corrected chi connectivity index (χ4v) is 5.45. The molecule has 6 rings (SSSR count). The molecule has 42 heavy (non-hydrogen) atoms. The number of carbonyl (C=O) groups excluding carboxylic acids is 1. The number of carbonyl (C=O) groups is 1. The van der Waals surface area contributed by atoms with E-state index in [1.165, 1.54) is 0 Å². The lowest BCUT2D eigenvalue weighted by molar-refractivity contribution is 0.0940. The molecule has 0 aliphatic carbocycles. The Morgan fingerprint density at radius 2 is 1.69 bits per heavy atom. The van der Waals surface area contributed by atoms with Crippen LogP contribution in [0.25, 0.3) is 33.5 Å². The molecule has 0 spiro atoms. The molecule has 0 bridgehead atoms. The minimum Gasteiger partial charge on any atom is -0.346 e. The van der Waals surface area contributed by atoms with Crippen LogP contribution in [-0.4, -0.2) is 36.1 Å². The number of aromatic nitrogens is 6. The summed E-state index contributed by atoms with van der Waals surface area (Å²) in [4.78, 5) is 18.4. The highest BCUT2D eigenvalue weighted by atomic mass is 16.1. The predicted molar refractivity (Wildman–Crippen MR) is 165 cm³/mol. The third kappa shape index (κ3) is 5.43. The van der Waals surface area contributed by atoms with E-state index >= 15 is 0 Å². The smallest absolute Gasteiger partial charge is 0.251 e. The van der Waals surface area contributed by atoms with Gasteiger partial charge in [-0.05, 0) is 65.4 Å². The number of imidazole rings is 1. The molecule has 6 aromatic rings. The summed E-state index contributed by atoms with van der Waals surface area (Å²) in [6.45, 7) is 6.86. The Hall–Kier alpha value is -5.11. The molecule has 210 valence electrons. The van der Waals surface area contributed by atoms with Crippen molar-refractivity contribution in [3.63, 3.8) is 0 Å². The van der Waals surface area contributed by atoms with E-state index in [1.807, 2.05) is 74.5 Å². The summed E-state index contributed by atoms with van der Waals surface area (Å²) in [7, 11) is 0. The topological polar surface area (TPSA) is 101 Å². The lowest BCUT2D eigenvalue weighted by Crippen LogP contribution is -2.26. The highest BCUT2D eigenvalue weighted by Crippen LogP contribution is 2.30. The number of fused-ring (bicyclic) bond motifs is 1. The number of benzene rings is 4. The van der Waals surface area contributed by atoms with Crippen molar-refractivity contribution in [2.24, 2.45) is 0 Å². The van der Waals surface area contributed by atoms with Crippen LogP contribution in [0.5, 0.6) is 0 Å². The van der Waals surface area contributed by atoms with Crippen molar-refractivity contribution in [3.05, 3.63) is 119 Å². The summed E-state index contributed by atoms with van der Waals surface area (Å²) in [5.74, 6) is 1.50. The largest absolute Gasteiger partial charge is 0.346 e. The molecule has 2 heterocycles. The van der Waals surface area contributed by atoms with Gasteiger partial charge in [-0.1, -0.05) is 85.8 Å². The van der Waals surface area contributed by atoms with Crippen molar-refractivity contribution >= 4 is 16.9 Å². The van der Waals surface area contributed by atoms with Gasteiger partial charge in [-0.15, -0.1) is 10.2 Å². The molecule has 2 aromatic heterocycles. The second-order valence-electron chi connectivity index (χ2n) is 10.6. The van der Waals surface area contributed by atoms with Crippen LogP contribution in [0.15, 0.2) is 91.0 Å². The minimum atomic E-state index is -0.0982. The van der Waals surface area contributed by atoms with Crippen LogP contribution >= 0.6 is 0 Å². The molecule has 0 aliphatic rings. The lowest BCUT2D eigenvalue weighted by atomic mass is 9.98. The van der Waals surface area contributed by atoms with Crippen molar-refractivity contribution in [2.75, 3.05) is 0 Å². The normalized spacial score (nSPS) is 12.0. The van der Waals surface area contributed by atoms with E-state index in [0.29, 0.717) is 17.9 Å². The molecule has 1 amide bonds. The van der Waals surface area contributed by atoms with Crippen molar-refractivity contribution in [3.8, 4) is 22.5 Å². The maximum absolute atomic E-state index is 13.4. The number of aromatic amines is 1. The Morgan fingerprint density at radius 1 is 0.952 bits per heavy atom. The number of amides is 1. The summed E-state index contributed by atoms with van der Waals surface area (Å²) in [6, 6.07) is 30.4. The van der Waals surface area contributed by atoms with Crippen LogP contribution in [0.4, 0.5) is 0 Å². The Kier molecular flexibility index (Phi) is 7.60. The summed E-state index contributed by atoms with van der Waals surface area (Å²) in [5, 5.41) is 17.8. The molecule has 8 nitrogen and oxygen atoms in total. The van der Waals surface area contributed by atoms with Gasteiger partial charge in [0.05, 0.1) is 17.1 Å². The van der Waals surface area contributed by atoms with Gasteiger partial charge in [0.25, 0.3) is 5.91 Å². The predicted octanol–water partition coefficient (Wildman–Crippen LogP) is 6.68. The fraction of sp³-hybridized carbons (Fsp3) is 0.206. The minimum absolute atomic E-state index is 0.0919. The summed E-state index contributed by atoms with van der Waals surface area (Å²) in [6.07, 6.45) is 1.84. The number of hydrogen-bond acceptors (Lipinski definition) is 5. The molecule has 0 unspecified atom stereocenters. The Labute approximate surface area is 244 Å². The number of nitrogens with one attached hydrogen (secondary N) is 2. The molecule has 0 saturated carbocycles. The maximum Gasteiger partial charge on any atom is 0.251 e. The number of hydrogen-bond donors (Lipinski definition) is 2. The van der Waals surface area contributed by atoms with Gasteiger partial charge >= 0.3 is 0 Å². The SMILES string of the molecule is CCCc1nc2c(C)cc(C(=O)N[C@@H](C)c3ccccc3)cc2n1Cc1ccc(-c2ccccc2-c2nn[nH]n2)cc1. The molecule has 0 saturated heterocycles. The highest BCUT2D eigenvalue weighted by Gasteiger charge is 2.18. The quantitative estimate of drug-likeness (QED) is 0.207. The zero-order valence-electron chi connectivity index (χ0n) is 24.0. The first kappa shape index (κ1) is 27.1. The standard InChI is InChI=1S/C34H33N7O/c1-4-10-31-36-32-22(2)19-27(34(42)35-23(3)25-11-6-5-7-12-25)20-30(32)41(31)21-24-15-17-26(18-16-24)28-13-8-9-14-29(28)33-37-39-40-38-33/h5-9,11-20,23H,4,10,21H2,1-3H3,(H,35,42)(H,37,38,39,40)/t23-/m0/s1. The number of H-pyrrole nitrogens is 1. The third-order valence-corrected chi connectivity index (χ3v) is 7.63. The van der Waals surface area contributed by atoms with Gasteiger partial charge < -0.3 is 9.88 Å². The second-order valence-corrected chi connectivity index (χ2v) is 10.6. The first-order valence-electron chi connectivity index (χ1n) is 14.3. The molecule has 4 aromatic carbocycles. The number of aryl methyl sites for hydroxylation is 2. The van der Waals surface area contributed by atoms with E-state index in [4.69, 9.17) is 4.98 Å². The first-order chi connectivity index (χ1) is 20.5. The molecule has 1 atom stereocenters. The first-order valence-corrected chi connectivity index (χ1v) is 14.3. The van der Waals surface area contributed by atoms with Gasteiger partial charge in [0.1, 0.15) is 5.82 Å². The average Bonchev–Trinajstić information content (AvgIpc) is 3.67. The van der Waals surface area contributed by atoms with Crippen LogP contribution in [-0.2, 0) is 13.0 Å². The van der Waals surface area contributed by atoms with Crippen LogP contribution in [0.3, 0.4) is 0 Å². The van der Waals surface area contributed by atoms with Crippen molar-refractivity contribution in [1.29, 1.82) is 0 Å². The van der Waals surface area contributed by atoms with E-state index in [1.54, 1.807) is 0 Å². The van der Waals surface area contributed by atoms with E-state index < -0.39 is 0 Å². The van der Waals surface area contributed by atoms with Crippen molar-refractivity contribution < 1.29 is 4.79 Å². The molecular weight excluding hydrogens is 522 g/mol. The van der Waals surface area contributed by atoms with Crippen molar-refractivity contribution in [2.45, 2.75) is 46.2 Å². The molecule has 0 radical (unpaired) electrons. The Balaban J connectivity index is 1.31. The Bertz CT molecular complexity index is 1820. The molecule has 2 N–H and O–H groups in total. The number of rotatable bonds is 9. The Morgan fingerprint density at radius 3 is 2.40 bits per heavy atom. The molecular formula is C34H33N7O. The number of nitrogens with zero attached hydrogens (tertiary/aromatic N) is 5. The highest BCUT2D eigenvalue weighted by molar-refractivity contribution is 5.98. The fourth-order valence-electron chi connectivity index (χ4n) is 5.45. The van der Waals surface area contributed by atoms with Gasteiger partial charge in [-0.2, -0.15) is 5.21 Å². The monoisotopic (exact) mass is 555 g/mol. The zero-order valence-corrected chi connectivity index (χ0v) is 24.0. The third-order valence-electron chi connectivity index (χ3n) is 7.63. The van der Waals surface area contributed by atoms with Gasteiger partial charge in [-0.25, -0.2) is 4.98 Å². The van der Waals surface area contributed by atoms with Gasteiger partial charge in [-0.3, -0.25) is 4.79 Å². The lowest BCUT2D eigenvalue weighted by Gasteiger charge is -2.15. The van der Waals surface area contributed by atoms with Crippen LogP contribution in [0.2, 0.25) is 0 Å². The van der Waals surface area contributed by atoms with E-state index in [0.717, 1.165) is 63.1 Å². The molecule has 0 fully saturated rings. The van der Waals surface area contributed by atoms with Gasteiger partial charge in [0, 0.05) is 24.1 Å². The van der Waals surface area contributed by atoms with Crippen LogP contribution < -0.4 is 5.32 Å². The summed E-state index contributed by atoms with van der Waals surface area (Å²) in [5.41, 5.74) is 8.81. The zero-order chi connectivity index (χ0) is 29.1. The average molecular weight is 556 g/mol. The van der Waals surface area contributed by atoms with Crippen LogP contribution in [0.1, 0.15) is 59.2 Å². The van der Waals surface area contributed by atoms with E-state index in [-0.39, 0.29) is 11.9 Å². The van der Waals surface area contributed by atoms with E-state index in [2.05, 4.69) is 67.8 Å². The van der Waals surface area contributed by atoms with Gasteiger partial charge in [0.15, 0.2) is 0 Å². The second kappa shape index (κ2) is 11.8. The van der Waals surface area contributed by atoms with E-state index in [9.17, 15) is 4.79 Å². The maximum atomic E-state index is 13.4. The summed E-state index contributed by atoms with van der Waals surface area (Å²) < 4.78 is 2.26. The van der Waals surface area contributed by atoms with Crippen molar-refractivity contribution in [1.82, 2.24) is 35.5 Å². The van der Waals surface area contributed by atoms with Gasteiger partial charge in [0.2, 0.25) is 5.82 Å². The van der Waals surface area contributed by atoms with Crippen LogP contribution in [0, 0.1) is 6.92 Å². The molecule has 0 aliphatic heterocycles.